The quantitative estimate of drug-likeness (QED) is 0.672. The minimum absolute atomic E-state index is 0.0531. The molecule has 168 valence electrons. The third-order valence-electron chi connectivity index (χ3n) is 5.64. The number of hydrogen-bond acceptors (Lipinski definition) is 5. The van der Waals surface area contributed by atoms with Gasteiger partial charge in [0, 0.05) is 31.1 Å². The highest BCUT2D eigenvalue weighted by molar-refractivity contribution is 7.89. The van der Waals surface area contributed by atoms with Gasteiger partial charge in [-0.15, -0.1) is 0 Å². The van der Waals surface area contributed by atoms with Gasteiger partial charge < -0.3 is 14.4 Å². The number of nitrogens with one attached hydrogen (secondary N) is 1. The van der Waals surface area contributed by atoms with E-state index in [2.05, 4.69) is 4.72 Å². The Bertz CT molecular complexity index is 1050. The minimum Gasteiger partial charge on any atom is -0.497 e. The molecule has 1 fully saturated rings. The Morgan fingerprint density at radius 1 is 1.13 bits per heavy atom. The van der Waals surface area contributed by atoms with Crippen LogP contribution < -0.4 is 14.2 Å². The first-order chi connectivity index (χ1) is 14.8. The van der Waals surface area contributed by atoms with Gasteiger partial charge in [0.15, 0.2) is 0 Å². The van der Waals surface area contributed by atoms with Gasteiger partial charge >= 0.3 is 0 Å². The van der Waals surface area contributed by atoms with Crippen molar-refractivity contribution in [3.05, 3.63) is 53.1 Å². The van der Waals surface area contributed by atoms with Gasteiger partial charge in [0.05, 0.1) is 25.2 Å². The number of likely N-dealkylation sites (tertiary alicyclic amines) is 1. The van der Waals surface area contributed by atoms with Crippen molar-refractivity contribution in [1.82, 2.24) is 9.62 Å². The molecular formula is C23H30N2O5S. The van der Waals surface area contributed by atoms with Crippen LogP contribution in [0.3, 0.4) is 0 Å². The molecule has 2 aromatic rings. The predicted octanol–water partition coefficient (Wildman–Crippen LogP) is 3.35. The van der Waals surface area contributed by atoms with Gasteiger partial charge in [0.25, 0.3) is 0 Å². The SMILES string of the molecule is COc1ccc([C@@H]2CCCN2C(=O)CCNS(=O)(=O)c2cc(C)ccc2C)c(OC)c1. The Hall–Kier alpha value is -2.58. The van der Waals surface area contributed by atoms with Crippen LogP contribution in [0.5, 0.6) is 11.5 Å². The number of amides is 1. The molecule has 0 unspecified atom stereocenters. The summed E-state index contributed by atoms with van der Waals surface area (Å²) in [6, 6.07) is 10.8. The summed E-state index contributed by atoms with van der Waals surface area (Å²) in [5.74, 6) is 1.29. The maximum Gasteiger partial charge on any atom is 0.240 e. The summed E-state index contributed by atoms with van der Waals surface area (Å²) in [6.45, 7) is 4.30. The third-order valence-corrected chi connectivity index (χ3v) is 7.24. The Labute approximate surface area is 184 Å². The smallest absolute Gasteiger partial charge is 0.240 e. The Morgan fingerprint density at radius 3 is 2.61 bits per heavy atom. The van der Waals surface area contributed by atoms with Crippen LogP contribution in [0, 0.1) is 13.8 Å². The number of carbonyl (C=O) groups excluding carboxylic acids is 1. The van der Waals surface area contributed by atoms with Crippen molar-refractivity contribution < 1.29 is 22.7 Å². The molecule has 3 rings (SSSR count). The van der Waals surface area contributed by atoms with Crippen molar-refractivity contribution in [2.45, 2.75) is 44.0 Å². The van der Waals surface area contributed by atoms with Gasteiger partial charge in [0.2, 0.25) is 15.9 Å². The minimum atomic E-state index is -3.67. The van der Waals surface area contributed by atoms with Gasteiger partial charge in [0.1, 0.15) is 11.5 Å². The first-order valence-electron chi connectivity index (χ1n) is 10.3. The number of carbonyl (C=O) groups is 1. The normalized spacial score (nSPS) is 16.4. The summed E-state index contributed by atoms with van der Waals surface area (Å²) in [7, 11) is -0.476. The number of aryl methyl sites for hydroxylation is 2. The summed E-state index contributed by atoms with van der Waals surface area (Å²) in [6.07, 6.45) is 1.82. The maximum atomic E-state index is 12.9. The lowest BCUT2D eigenvalue weighted by Gasteiger charge is -2.26. The van der Waals surface area contributed by atoms with E-state index in [0.717, 1.165) is 24.0 Å². The number of ether oxygens (including phenoxy) is 2. The highest BCUT2D eigenvalue weighted by Gasteiger charge is 2.32. The molecule has 0 radical (unpaired) electrons. The van der Waals surface area contributed by atoms with E-state index in [1.165, 1.54) is 0 Å². The topological polar surface area (TPSA) is 84.9 Å². The highest BCUT2D eigenvalue weighted by Crippen LogP contribution is 2.38. The number of benzene rings is 2. The van der Waals surface area contributed by atoms with Crippen LogP contribution in [-0.2, 0) is 14.8 Å². The molecule has 1 N–H and O–H groups in total. The molecule has 0 bridgehead atoms. The van der Waals surface area contributed by atoms with E-state index in [1.807, 2.05) is 36.1 Å². The molecule has 1 aliphatic heterocycles. The van der Waals surface area contributed by atoms with Gasteiger partial charge in [-0.1, -0.05) is 12.1 Å². The number of nitrogens with zero attached hydrogens (tertiary/aromatic N) is 1. The van der Waals surface area contributed by atoms with Crippen LogP contribution in [0.25, 0.3) is 0 Å². The first kappa shape index (κ1) is 23.1. The molecule has 0 saturated carbocycles. The van der Waals surface area contributed by atoms with Crippen LogP contribution in [0.2, 0.25) is 0 Å². The second kappa shape index (κ2) is 9.70. The summed E-state index contributed by atoms with van der Waals surface area (Å²) in [5.41, 5.74) is 2.48. The summed E-state index contributed by atoms with van der Waals surface area (Å²) in [4.78, 5) is 15.0. The molecule has 1 amide bonds. The van der Waals surface area contributed by atoms with E-state index in [-0.39, 0.29) is 29.8 Å². The van der Waals surface area contributed by atoms with Gasteiger partial charge in [-0.2, -0.15) is 0 Å². The number of sulfonamides is 1. The molecule has 31 heavy (non-hydrogen) atoms. The average molecular weight is 447 g/mol. The fourth-order valence-corrected chi connectivity index (χ4v) is 5.35. The fourth-order valence-electron chi connectivity index (χ4n) is 3.99. The van der Waals surface area contributed by atoms with E-state index >= 15 is 0 Å². The van der Waals surface area contributed by atoms with E-state index in [1.54, 1.807) is 33.3 Å². The Balaban J connectivity index is 1.67. The third kappa shape index (κ3) is 5.19. The van der Waals surface area contributed by atoms with Crippen LogP contribution in [0.4, 0.5) is 0 Å². The second-order valence-corrected chi connectivity index (χ2v) is 9.51. The van der Waals surface area contributed by atoms with E-state index in [4.69, 9.17) is 9.47 Å². The predicted molar refractivity (Wildman–Crippen MR) is 119 cm³/mol. The zero-order chi connectivity index (χ0) is 22.6. The monoisotopic (exact) mass is 446 g/mol. The lowest BCUT2D eigenvalue weighted by atomic mass is 10.0. The van der Waals surface area contributed by atoms with Crippen molar-refractivity contribution >= 4 is 15.9 Å². The van der Waals surface area contributed by atoms with Crippen molar-refractivity contribution in [3.63, 3.8) is 0 Å². The lowest BCUT2D eigenvalue weighted by molar-refractivity contribution is -0.132. The highest BCUT2D eigenvalue weighted by atomic mass is 32.2. The molecule has 8 heteroatoms. The van der Waals surface area contributed by atoms with Crippen LogP contribution in [0.1, 0.15) is 42.0 Å². The molecule has 2 aromatic carbocycles. The maximum absolute atomic E-state index is 12.9. The van der Waals surface area contributed by atoms with Crippen LogP contribution in [-0.4, -0.2) is 46.5 Å². The largest absolute Gasteiger partial charge is 0.497 e. The van der Waals surface area contributed by atoms with Gasteiger partial charge in [-0.25, -0.2) is 13.1 Å². The molecule has 1 atom stereocenters. The molecule has 0 aromatic heterocycles. The zero-order valence-electron chi connectivity index (χ0n) is 18.5. The molecule has 1 aliphatic rings. The van der Waals surface area contributed by atoms with E-state index in [9.17, 15) is 13.2 Å². The molecule has 7 nitrogen and oxygen atoms in total. The zero-order valence-corrected chi connectivity index (χ0v) is 19.3. The van der Waals surface area contributed by atoms with Crippen molar-refractivity contribution in [3.8, 4) is 11.5 Å². The van der Waals surface area contributed by atoms with Crippen molar-refractivity contribution in [1.29, 1.82) is 0 Å². The second-order valence-electron chi connectivity index (χ2n) is 7.77. The average Bonchev–Trinajstić information content (AvgIpc) is 3.24. The molecular weight excluding hydrogens is 416 g/mol. The summed E-state index contributed by atoms with van der Waals surface area (Å²) < 4.78 is 38.7. The Morgan fingerprint density at radius 2 is 1.90 bits per heavy atom. The summed E-state index contributed by atoms with van der Waals surface area (Å²) >= 11 is 0. The lowest BCUT2D eigenvalue weighted by Crippen LogP contribution is -2.34. The van der Waals surface area contributed by atoms with Gasteiger partial charge in [-0.3, -0.25) is 4.79 Å². The fraction of sp³-hybridized carbons (Fsp3) is 0.435. The van der Waals surface area contributed by atoms with Crippen LogP contribution >= 0.6 is 0 Å². The molecule has 0 aliphatic carbocycles. The number of methoxy groups -OCH3 is 2. The van der Waals surface area contributed by atoms with Crippen molar-refractivity contribution in [2.24, 2.45) is 0 Å². The van der Waals surface area contributed by atoms with E-state index < -0.39 is 10.0 Å². The number of rotatable bonds is 8. The van der Waals surface area contributed by atoms with Gasteiger partial charge in [-0.05, 0) is 56.0 Å². The number of hydrogen-bond donors (Lipinski definition) is 1. The van der Waals surface area contributed by atoms with Crippen molar-refractivity contribution in [2.75, 3.05) is 27.3 Å². The Kier molecular flexibility index (Phi) is 7.23. The molecule has 1 saturated heterocycles. The standard InChI is InChI=1S/C23H30N2O5S/c1-16-7-8-17(2)22(14-16)31(27,28)24-12-11-23(26)25-13-5-6-20(25)19-10-9-18(29-3)15-21(19)30-4/h7-10,14-15,20,24H,5-6,11-13H2,1-4H3/t20-/m0/s1. The summed E-state index contributed by atoms with van der Waals surface area (Å²) in [5, 5.41) is 0. The van der Waals surface area contributed by atoms with E-state index in [0.29, 0.717) is 23.6 Å². The molecule has 1 heterocycles. The van der Waals surface area contributed by atoms with Crippen LogP contribution in [0.15, 0.2) is 41.3 Å². The first-order valence-corrected chi connectivity index (χ1v) is 11.8. The molecule has 0 spiro atoms.